The van der Waals surface area contributed by atoms with Crippen LogP contribution in [0.5, 0.6) is 0 Å². The van der Waals surface area contributed by atoms with Gasteiger partial charge in [0.1, 0.15) is 0 Å². The molecule has 0 saturated heterocycles. The highest BCUT2D eigenvalue weighted by molar-refractivity contribution is 7.15. The summed E-state index contributed by atoms with van der Waals surface area (Å²) in [6.07, 6.45) is 3.69. The molecule has 27 heavy (non-hydrogen) atoms. The molecule has 4 rings (SSSR count). The van der Waals surface area contributed by atoms with Crippen LogP contribution in [-0.2, 0) is 0 Å². The molecule has 0 spiro atoms. The molecule has 0 saturated carbocycles. The highest BCUT2D eigenvalue weighted by atomic mass is 32.1. The SMILES string of the molecule is N#C/C(=C\c1c(-c2ccccc2)nc2sccn12)c1ccc([N+](=O)[O-])cc1. The largest absolute Gasteiger partial charge is 0.290 e. The number of nitrogens with zero attached hydrogens (tertiary/aromatic N) is 4. The van der Waals surface area contributed by atoms with Crippen molar-refractivity contribution in [2.45, 2.75) is 0 Å². The number of imidazole rings is 1. The van der Waals surface area contributed by atoms with Crippen LogP contribution in [0, 0.1) is 21.4 Å². The lowest BCUT2D eigenvalue weighted by Gasteiger charge is -2.03. The molecule has 0 atom stereocenters. The molecule has 7 heteroatoms. The van der Waals surface area contributed by atoms with Crippen molar-refractivity contribution in [3.8, 4) is 17.3 Å². The minimum absolute atomic E-state index is 0.00871. The number of fused-ring (bicyclic) bond motifs is 1. The van der Waals surface area contributed by atoms with E-state index in [0.717, 1.165) is 21.9 Å². The summed E-state index contributed by atoms with van der Waals surface area (Å²) >= 11 is 1.52. The standard InChI is InChI=1S/C20H12N4O2S/c21-13-16(14-6-8-17(9-7-14)24(25)26)12-18-19(15-4-2-1-3-5-15)22-20-23(18)10-11-27-20/h1-12H/b16-12+. The third-order valence-corrected chi connectivity index (χ3v) is 4.89. The van der Waals surface area contributed by atoms with Gasteiger partial charge in [-0.05, 0) is 23.8 Å². The zero-order chi connectivity index (χ0) is 18.8. The zero-order valence-corrected chi connectivity index (χ0v) is 14.8. The molecular weight excluding hydrogens is 360 g/mol. The Bertz CT molecular complexity index is 1200. The van der Waals surface area contributed by atoms with Crippen LogP contribution in [0.25, 0.3) is 27.9 Å². The van der Waals surface area contributed by atoms with Gasteiger partial charge in [-0.15, -0.1) is 11.3 Å². The molecular formula is C20H12N4O2S. The fraction of sp³-hybridized carbons (Fsp3) is 0. The number of hydrogen-bond acceptors (Lipinski definition) is 5. The highest BCUT2D eigenvalue weighted by Gasteiger charge is 2.15. The van der Waals surface area contributed by atoms with Gasteiger partial charge in [0.15, 0.2) is 4.96 Å². The smallest absolute Gasteiger partial charge is 0.269 e. The van der Waals surface area contributed by atoms with Gasteiger partial charge in [-0.2, -0.15) is 5.26 Å². The molecule has 0 unspecified atom stereocenters. The second-order valence-corrected chi connectivity index (χ2v) is 6.61. The summed E-state index contributed by atoms with van der Waals surface area (Å²) in [7, 11) is 0. The average Bonchev–Trinajstić information content (AvgIpc) is 3.29. The number of allylic oxidation sites excluding steroid dienone is 1. The normalized spacial score (nSPS) is 11.4. The number of nitro groups is 1. The molecule has 130 valence electrons. The van der Waals surface area contributed by atoms with Crippen LogP contribution in [0.1, 0.15) is 11.3 Å². The summed E-state index contributed by atoms with van der Waals surface area (Å²) in [5, 5.41) is 22.4. The monoisotopic (exact) mass is 372 g/mol. The molecule has 0 N–H and O–H groups in total. The van der Waals surface area contributed by atoms with E-state index in [0.29, 0.717) is 11.1 Å². The molecule has 0 aliphatic heterocycles. The number of non-ortho nitro benzene ring substituents is 1. The van der Waals surface area contributed by atoms with Crippen molar-refractivity contribution in [3.63, 3.8) is 0 Å². The van der Waals surface area contributed by atoms with Crippen LogP contribution < -0.4 is 0 Å². The van der Waals surface area contributed by atoms with Crippen LogP contribution in [0.2, 0.25) is 0 Å². The van der Waals surface area contributed by atoms with Crippen molar-refractivity contribution in [2.75, 3.05) is 0 Å². The first-order valence-corrected chi connectivity index (χ1v) is 8.93. The predicted octanol–water partition coefficient (Wildman–Crippen LogP) is 5.04. The van der Waals surface area contributed by atoms with Crippen molar-refractivity contribution in [1.29, 1.82) is 5.26 Å². The summed E-state index contributed by atoms with van der Waals surface area (Å²) in [6.45, 7) is 0. The van der Waals surface area contributed by atoms with Crippen LogP contribution in [0.15, 0.2) is 66.2 Å². The third kappa shape index (κ3) is 3.10. The van der Waals surface area contributed by atoms with E-state index in [4.69, 9.17) is 4.98 Å². The molecule has 0 aliphatic rings. The maximum atomic E-state index is 10.8. The summed E-state index contributed by atoms with van der Waals surface area (Å²) in [6, 6.07) is 17.9. The van der Waals surface area contributed by atoms with E-state index in [-0.39, 0.29) is 5.69 Å². The van der Waals surface area contributed by atoms with Gasteiger partial charge >= 0.3 is 0 Å². The summed E-state index contributed by atoms with van der Waals surface area (Å²) in [4.78, 5) is 15.9. The number of rotatable bonds is 4. The van der Waals surface area contributed by atoms with Gasteiger partial charge in [0.25, 0.3) is 5.69 Å². The molecule has 0 bridgehead atoms. The van der Waals surface area contributed by atoms with Gasteiger partial charge < -0.3 is 0 Å². The van der Waals surface area contributed by atoms with Crippen molar-refractivity contribution < 1.29 is 4.92 Å². The number of aromatic nitrogens is 2. The van der Waals surface area contributed by atoms with Crippen LogP contribution in [-0.4, -0.2) is 14.3 Å². The van der Waals surface area contributed by atoms with E-state index < -0.39 is 4.92 Å². The van der Waals surface area contributed by atoms with Crippen molar-refractivity contribution >= 4 is 33.6 Å². The maximum absolute atomic E-state index is 10.8. The van der Waals surface area contributed by atoms with Crippen LogP contribution >= 0.6 is 11.3 Å². The van der Waals surface area contributed by atoms with E-state index in [1.807, 2.05) is 46.3 Å². The Morgan fingerprint density at radius 3 is 2.59 bits per heavy atom. The lowest BCUT2D eigenvalue weighted by Crippen LogP contribution is -1.90. The fourth-order valence-electron chi connectivity index (χ4n) is 2.83. The Balaban J connectivity index is 1.86. The first kappa shape index (κ1) is 16.7. The minimum atomic E-state index is -0.459. The molecule has 6 nitrogen and oxygen atoms in total. The second kappa shape index (κ2) is 6.86. The Hall–Kier alpha value is -3.76. The lowest BCUT2D eigenvalue weighted by atomic mass is 10.0. The first-order valence-electron chi connectivity index (χ1n) is 8.05. The Morgan fingerprint density at radius 1 is 1.19 bits per heavy atom. The molecule has 2 heterocycles. The van der Waals surface area contributed by atoms with Gasteiger partial charge in [0, 0.05) is 29.3 Å². The van der Waals surface area contributed by atoms with E-state index in [9.17, 15) is 15.4 Å². The molecule has 0 amide bonds. The zero-order valence-electron chi connectivity index (χ0n) is 13.9. The topological polar surface area (TPSA) is 84.2 Å². The first-order chi connectivity index (χ1) is 13.2. The molecule has 2 aromatic heterocycles. The highest BCUT2D eigenvalue weighted by Crippen LogP contribution is 2.30. The molecule has 2 aromatic carbocycles. The fourth-order valence-corrected chi connectivity index (χ4v) is 3.55. The minimum Gasteiger partial charge on any atom is -0.290 e. The summed E-state index contributed by atoms with van der Waals surface area (Å²) in [5.41, 5.74) is 3.57. The van der Waals surface area contributed by atoms with E-state index >= 15 is 0 Å². The van der Waals surface area contributed by atoms with Gasteiger partial charge in [-0.1, -0.05) is 30.3 Å². The number of nitriles is 1. The van der Waals surface area contributed by atoms with Crippen molar-refractivity contribution in [2.24, 2.45) is 0 Å². The number of hydrogen-bond donors (Lipinski definition) is 0. The quantitative estimate of drug-likeness (QED) is 0.285. The number of thiazole rings is 1. The summed E-state index contributed by atoms with van der Waals surface area (Å²) < 4.78 is 1.94. The van der Waals surface area contributed by atoms with E-state index in [1.165, 1.54) is 23.5 Å². The second-order valence-electron chi connectivity index (χ2n) is 5.74. The number of nitro benzene ring substituents is 1. The lowest BCUT2D eigenvalue weighted by molar-refractivity contribution is -0.384. The van der Waals surface area contributed by atoms with Gasteiger partial charge in [0.2, 0.25) is 0 Å². The van der Waals surface area contributed by atoms with Gasteiger partial charge in [0.05, 0.1) is 28.0 Å². The average molecular weight is 372 g/mol. The van der Waals surface area contributed by atoms with Crippen molar-refractivity contribution in [3.05, 3.63) is 87.5 Å². The van der Waals surface area contributed by atoms with Crippen LogP contribution in [0.4, 0.5) is 5.69 Å². The molecule has 0 fully saturated rings. The molecule has 0 radical (unpaired) electrons. The number of benzene rings is 2. The Kier molecular flexibility index (Phi) is 4.24. The summed E-state index contributed by atoms with van der Waals surface area (Å²) in [5.74, 6) is 0. The van der Waals surface area contributed by atoms with E-state index in [2.05, 4.69) is 6.07 Å². The third-order valence-electron chi connectivity index (χ3n) is 4.14. The van der Waals surface area contributed by atoms with E-state index in [1.54, 1.807) is 18.2 Å². The predicted molar refractivity (Wildman–Crippen MR) is 105 cm³/mol. The molecule has 4 aromatic rings. The molecule has 0 aliphatic carbocycles. The van der Waals surface area contributed by atoms with Crippen molar-refractivity contribution in [1.82, 2.24) is 9.38 Å². The Morgan fingerprint density at radius 2 is 1.93 bits per heavy atom. The van der Waals surface area contributed by atoms with Crippen LogP contribution in [0.3, 0.4) is 0 Å². The van der Waals surface area contributed by atoms with Gasteiger partial charge in [-0.25, -0.2) is 4.98 Å². The van der Waals surface area contributed by atoms with Gasteiger partial charge in [-0.3, -0.25) is 14.5 Å². The maximum Gasteiger partial charge on any atom is 0.269 e. The Labute approximate surface area is 158 Å².